The van der Waals surface area contributed by atoms with Crippen LogP contribution in [0.15, 0.2) is 36.1 Å². The molecule has 17 heavy (non-hydrogen) atoms. The van der Waals surface area contributed by atoms with Gasteiger partial charge in [0, 0.05) is 36.8 Å². The third-order valence-corrected chi connectivity index (χ3v) is 3.23. The smallest absolute Gasteiger partial charge is 0.157 e. The minimum absolute atomic E-state index is 0.838. The van der Waals surface area contributed by atoms with Crippen LogP contribution >= 0.6 is 11.3 Å². The van der Waals surface area contributed by atoms with Gasteiger partial charge in [0.15, 0.2) is 5.65 Å². The van der Waals surface area contributed by atoms with E-state index in [0.717, 1.165) is 29.4 Å². The summed E-state index contributed by atoms with van der Waals surface area (Å²) in [6.45, 7) is 0.838. The lowest BCUT2D eigenvalue weighted by molar-refractivity contribution is 0.931. The van der Waals surface area contributed by atoms with Crippen molar-refractivity contribution in [1.29, 1.82) is 0 Å². The molecule has 3 heterocycles. The van der Waals surface area contributed by atoms with Gasteiger partial charge in [0.05, 0.1) is 11.2 Å². The molecule has 0 aromatic carbocycles. The van der Waals surface area contributed by atoms with Crippen LogP contribution in [0.25, 0.3) is 5.65 Å². The highest BCUT2D eigenvalue weighted by atomic mass is 32.1. The molecule has 0 aliphatic heterocycles. The molecule has 0 saturated heterocycles. The highest BCUT2D eigenvalue weighted by Crippen LogP contribution is 2.07. The van der Waals surface area contributed by atoms with Crippen LogP contribution < -0.4 is 5.32 Å². The summed E-state index contributed by atoms with van der Waals surface area (Å²) < 4.78 is 1.74. The first-order chi connectivity index (χ1) is 8.42. The van der Waals surface area contributed by atoms with Gasteiger partial charge in [0.25, 0.3) is 0 Å². The van der Waals surface area contributed by atoms with E-state index in [9.17, 15) is 0 Å². The zero-order valence-corrected chi connectivity index (χ0v) is 9.89. The lowest BCUT2D eigenvalue weighted by Gasteiger charge is -2.04. The number of aromatic nitrogens is 4. The predicted molar refractivity (Wildman–Crippen MR) is 67.3 cm³/mol. The molecule has 6 heteroatoms. The van der Waals surface area contributed by atoms with E-state index in [0.29, 0.717) is 0 Å². The fourth-order valence-electron chi connectivity index (χ4n) is 1.58. The van der Waals surface area contributed by atoms with E-state index >= 15 is 0 Å². The highest BCUT2D eigenvalue weighted by molar-refractivity contribution is 7.09. The zero-order valence-electron chi connectivity index (χ0n) is 9.08. The lowest BCUT2D eigenvalue weighted by atomic mass is 10.4. The molecule has 0 atom stereocenters. The number of nitrogens with zero attached hydrogens (tertiary/aromatic N) is 4. The Kier molecular flexibility index (Phi) is 2.71. The SMILES string of the molecule is c1csc(CCNc2ccn3nccc3n2)n1. The highest BCUT2D eigenvalue weighted by Gasteiger charge is 1.99. The largest absolute Gasteiger partial charge is 0.370 e. The number of thiazole rings is 1. The van der Waals surface area contributed by atoms with E-state index < -0.39 is 0 Å². The van der Waals surface area contributed by atoms with Crippen molar-refractivity contribution in [3.8, 4) is 0 Å². The van der Waals surface area contributed by atoms with Crippen LogP contribution in [0.5, 0.6) is 0 Å². The fraction of sp³-hybridized carbons (Fsp3) is 0.182. The van der Waals surface area contributed by atoms with Crippen molar-refractivity contribution in [3.05, 3.63) is 41.1 Å². The van der Waals surface area contributed by atoms with Crippen molar-refractivity contribution in [1.82, 2.24) is 19.6 Å². The number of rotatable bonds is 4. The first-order valence-electron chi connectivity index (χ1n) is 5.34. The average Bonchev–Trinajstić information content (AvgIpc) is 2.98. The van der Waals surface area contributed by atoms with Crippen LogP contribution in [-0.2, 0) is 6.42 Å². The Labute approximate surface area is 102 Å². The van der Waals surface area contributed by atoms with Crippen molar-refractivity contribution in [2.75, 3.05) is 11.9 Å². The quantitative estimate of drug-likeness (QED) is 0.762. The maximum Gasteiger partial charge on any atom is 0.157 e. The Morgan fingerprint density at radius 2 is 2.29 bits per heavy atom. The Morgan fingerprint density at radius 3 is 3.18 bits per heavy atom. The molecule has 0 aliphatic carbocycles. The second-order valence-electron chi connectivity index (χ2n) is 3.55. The monoisotopic (exact) mass is 245 g/mol. The summed E-state index contributed by atoms with van der Waals surface area (Å²) in [7, 11) is 0. The van der Waals surface area contributed by atoms with E-state index in [2.05, 4.69) is 20.4 Å². The second-order valence-corrected chi connectivity index (χ2v) is 4.53. The molecule has 0 unspecified atom stereocenters. The van der Waals surface area contributed by atoms with Gasteiger partial charge in [0.1, 0.15) is 5.82 Å². The minimum Gasteiger partial charge on any atom is -0.370 e. The van der Waals surface area contributed by atoms with Crippen LogP contribution in [0.2, 0.25) is 0 Å². The molecule has 0 spiro atoms. The summed E-state index contributed by atoms with van der Waals surface area (Å²) in [5.74, 6) is 0.870. The van der Waals surface area contributed by atoms with Crippen molar-refractivity contribution in [2.24, 2.45) is 0 Å². The number of hydrogen-bond acceptors (Lipinski definition) is 5. The third kappa shape index (κ3) is 2.26. The van der Waals surface area contributed by atoms with E-state index in [1.54, 1.807) is 22.0 Å². The van der Waals surface area contributed by atoms with Gasteiger partial charge in [-0.15, -0.1) is 11.3 Å². The Hall–Kier alpha value is -1.95. The lowest BCUT2D eigenvalue weighted by Crippen LogP contribution is -2.06. The molecule has 86 valence electrons. The number of fused-ring (bicyclic) bond motifs is 1. The summed E-state index contributed by atoms with van der Waals surface area (Å²) >= 11 is 1.68. The maximum absolute atomic E-state index is 4.43. The fourth-order valence-corrected chi connectivity index (χ4v) is 2.21. The first kappa shape index (κ1) is 10.2. The molecular formula is C11H11N5S. The van der Waals surface area contributed by atoms with Crippen molar-refractivity contribution < 1.29 is 0 Å². The van der Waals surface area contributed by atoms with Gasteiger partial charge >= 0.3 is 0 Å². The zero-order chi connectivity index (χ0) is 11.5. The molecule has 3 rings (SSSR count). The molecule has 0 amide bonds. The molecule has 0 saturated carbocycles. The first-order valence-corrected chi connectivity index (χ1v) is 6.22. The predicted octanol–water partition coefficient (Wildman–Crippen LogP) is 1.84. The third-order valence-electron chi connectivity index (χ3n) is 2.39. The number of hydrogen-bond donors (Lipinski definition) is 1. The van der Waals surface area contributed by atoms with Crippen LogP contribution in [-0.4, -0.2) is 26.1 Å². The van der Waals surface area contributed by atoms with Gasteiger partial charge in [-0.25, -0.2) is 14.5 Å². The van der Waals surface area contributed by atoms with Crippen LogP contribution in [0, 0.1) is 0 Å². The molecule has 0 bridgehead atoms. The molecular weight excluding hydrogens is 234 g/mol. The normalized spacial score (nSPS) is 10.8. The van der Waals surface area contributed by atoms with Gasteiger partial charge in [-0.2, -0.15) is 5.10 Å². The van der Waals surface area contributed by atoms with Crippen LogP contribution in [0.1, 0.15) is 5.01 Å². The Balaban J connectivity index is 1.64. The molecule has 0 fully saturated rings. The van der Waals surface area contributed by atoms with Gasteiger partial charge in [-0.3, -0.25) is 0 Å². The van der Waals surface area contributed by atoms with Gasteiger partial charge in [-0.1, -0.05) is 0 Å². The van der Waals surface area contributed by atoms with Crippen molar-refractivity contribution >= 4 is 22.8 Å². The summed E-state index contributed by atoms with van der Waals surface area (Å²) in [4.78, 5) is 8.66. The molecule has 3 aromatic heterocycles. The van der Waals surface area contributed by atoms with E-state index in [4.69, 9.17) is 0 Å². The maximum atomic E-state index is 4.43. The number of nitrogens with one attached hydrogen (secondary N) is 1. The summed E-state index contributed by atoms with van der Waals surface area (Å²) in [5.41, 5.74) is 0.851. The molecule has 0 aliphatic rings. The molecule has 1 N–H and O–H groups in total. The van der Waals surface area contributed by atoms with Crippen LogP contribution in [0.3, 0.4) is 0 Å². The summed E-state index contributed by atoms with van der Waals surface area (Å²) in [5, 5.41) is 10.5. The van der Waals surface area contributed by atoms with Gasteiger partial charge in [-0.05, 0) is 6.07 Å². The minimum atomic E-state index is 0.838. The van der Waals surface area contributed by atoms with E-state index in [1.165, 1.54) is 0 Å². The Morgan fingerprint density at radius 1 is 1.29 bits per heavy atom. The van der Waals surface area contributed by atoms with E-state index in [-0.39, 0.29) is 0 Å². The summed E-state index contributed by atoms with van der Waals surface area (Å²) in [6, 6.07) is 3.80. The Bertz CT molecular complexity index is 601. The van der Waals surface area contributed by atoms with E-state index in [1.807, 2.05) is 29.9 Å². The average molecular weight is 245 g/mol. The summed E-state index contributed by atoms with van der Waals surface area (Å²) in [6.07, 6.45) is 6.39. The topological polar surface area (TPSA) is 55.1 Å². The van der Waals surface area contributed by atoms with Crippen molar-refractivity contribution in [2.45, 2.75) is 6.42 Å². The van der Waals surface area contributed by atoms with Crippen molar-refractivity contribution in [3.63, 3.8) is 0 Å². The van der Waals surface area contributed by atoms with Crippen LogP contribution in [0.4, 0.5) is 5.82 Å². The standard InChI is InChI=1S/C11H11N5S/c1-5-14-16-7-3-9(15-10(1)16)12-4-2-11-13-6-8-17-11/h1,3,5-8H,2,4H2,(H,12,15). The van der Waals surface area contributed by atoms with Gasteiger partial charge in [0.2, 0.25) is 0 Å². The molecule has 0 radical (unpaired) electrons. The molecule has 5 nitrogen and oxygen atoms in total. The second kappa shape index (κ2) is 4.50. The molecule has 3 aromatic rings. The van der Waals surface area contributed by atoms with Gasteiger partial charge < -0.3 is 5.32 Å². The number of anilines is 1.